The largest absolute Gasteiger partial charge is 0.358 e. The third-order valence-electron chi connectivity index (χ3n) is 4.16. The molecule has 4 rings (SSSR count). The van der Waals surface area contributed by atoms with Gasteiger partial charge in [0.05, 0.1) is 5.92 Å². The fraction of sp³-hybridized carbons (Fsp3) is 0.111. The van der Waals surface area contributed by atoms with Gasteiger partial charge in [0.1, 0.15) is 0 Å². The number of rotatable bonds is 1. The molecule has 0 saturated carbocycles. The molecular formula is C18H13NO2. The highest BCUT2D eigenvalue weighted by atomic mass is 16.1. The summed E-state index contributed by atoms with van der Waals surface area (Å²) in [6.45, 7) is 0. The third kappa shape index (κ3) is 1.82. The Labute approximate surface area is 121 Å². The summed E-state index contributed by atoms with van der Waals surface area (Å²) in [5, 5.41) is 0.657. The van der Waals surface area contributed by atoms with Crippen LogP contribution in [0.2, 0.25) is 0 Å². The Bertz CT molecular complexity index is 924. The number of carbonyl (C=O) groups excluding carboxylic acids is 1. The van der Waals surface area contributed by atoms with E-state index in [0.29, 0.717) is 17.5 Å². The fourth-order valence-electron chi connectivity index (χ4n) is 3.10. The third-order valence-corrected chi connectivity index (χ3v) is 4.16. The van der Waals surface area contributed by atoms with Crippen LogP contribution in [0, 0.1) is 0 Å². The van der Waals surface area contributed by atoms with E-state index >= 15 is 0 Å². The van der Waals surface area contributed by atoms with Crippen molar-refractivity contribution in [2.75, 3.05) is 0 Å². The van der Waals surface area contributed by atoms with Gasteiger partial charge in [0, 0.05) is 28.2 Å². The molecule has 1 atom stereocenters. The van der Waals surface area contributed by atoms with E-state index in [1.807, 2.05) is 42.5 Å². The number of fused-ring (bicyclic) bond motifs is 2. The molecule has 0 bridgehead atoms. The highest BCUT2D eigenvalue weighted by Crippen LogP contribution is 2.32. The summed E-state index contributed by atoms with van der Waals surface area (Å²) in [5.41, 5.74) is 3.28. The first-order valence-electron chi connectivity index (χ1n) is 6.98. The molecule has 3 heteroatoms. The van der Waals surface area contributed by atoms with E-state index in [4.69, 9.17) is 0 Å². The fourth-order valence-corrected chi connectivity index (χ4v) is 3.10. The second kappa shape index (κ2) is 4.42. The average Bonchev–Trinajstić information content (AvgIpc) is 2.85. The summed E-state index contributed by atoms with van der Waals surface area (Å²) in [6.07, 6.45) is 0.656. The molecule has 1 aliphatic rings. The zero-order valence-electron chi connectivity index (χ0n) is 11.3. The average molecular weight is 275 g/mol. The van der Waals surface area contributed by atoms with Crippen LogP contribution in [0.15, 0.2) is 59.4 Å². The van der Waals surface area contributed by atoms with E-state index in [1.165, 1.54) is 0 Å². The number of hydrogen-bond acceptors (Lipinski definition) is 2. The van der Waals surface area contributed by atoms with Gasteiger partial charge in [-0.2, -0.15) is 0 Å². The van der Waals surface area contributed by atoms with Crippen LogP contribution in [0.5, 0.6) is 0 Å². The van der Waals surface area contributed by atoms with Crippen LogP contribution in [0.1, 0.15) is 27.5 Å². The maximum Gasteiger partial charge on any atom is 0.189 e. The highest BCUT2D eigenvalue weighted by Gasteiger charge is 2.32. The van der Waals surface area contributed by atoms with Gasteiger partial charge in [0.2, 0.25) is 0 Å². The second-order valence-corrected chi connectivity index (χ2v) is 5.41. The maximum absolute atomic E-state index is 12.5. The molecule has 1 N–H and O–H groups in total. The Morgan fingerprint density at radius 3 is 2.57 bits per heavy atom. The Kier molecular flexibility index (Phi) is 2.54. The molecule has 1 aromatic heterocycles. The van der Waals surface area contributed by atoms with Crippen molar-refractivity contribution in [1.29, 1.82) is 0 Å². The van der Waals surface area contributed by atoms with Crippen LogP contribution < -0.4 is 5.43 Å². The summed E-state index contributed by atoms with van der Waals surface area (Å²) < 4.78 is 0. The van der Waals surface area contributed by atoms with Crippen molar-refractivity contribution in [1.82, 2.24) is 4.98 Å². The summed E-state index contributed by atoms with van der Waals surface area (Å²) >= 11 is 0. The number of Topliss-reactive ketones (excluding diaryl/α,β-unsaturated/α-hetero) is 1. The smallest absolute Gasteiger partial charge is 0.189 e. The molecule has 2 aromatic carbocycles. The molecule has 21 heavy (non-hydrogen) atoms. The summed E-state index contributed by atoms with van der Waals surface area (Å²) in [7, 11) is 0. The van der Waals surface area contributed by atoms with Crippen LogP contribution in [0.4, 0.5) is 0 Å². The lowest BCUT2D eigenvalue weighted by molar-refractivity contribution is 0.0971. The van der Waals surface area contributed by atoms with Crippen molar-refractivity contribution in [2.45, 2.75) is 12.3 Å². The van der Waals surface area contributed by atoms with Gasteiger partial charge in [-0.25, -0.2) is 0 Å². The van der Waals surface area contributed by atoms with E-state index in [2.05, 4.69) is 4.98 Å². The predicted molar refractivity (Wildman–Crippen MR) is 81.8 cm³/mol. The van der Waals surface area contributed by atoms with Crippen LogP contribution in [0.25, 0.3) is 10.9 Å². The molecule has 102 valence electrons. The molecule has 1 aliphatic carbocycles. The lowest BCUT2D eigenvalue weighted by Gasteiger charge is -2.09. The molecular weight excluding hydrogens is 262 g/mol. The van der Waals surface area contributed by atoms with Gasteiger partial charge in [0.15, 0.2) is 11.2 Å². The molecule has 0 fully saturated rings. The van der Waals surface area contributed by atoms with Crippen LogP contribution in [-0.2, 0) is 6.42 Å². The van der Waals surface area contributed by atoms with E-state index < -0.39 is 0 Å². The molecule has 0 saturated heterocycles. The van der Waals surface area contributed by atoms with Crippen molar-refractivity contribution in [3.05, 3.63) is 81.6 Å². The zero-order valence-corrected chi connectivity index (χ0v) is 11.3. The van der Waals surface area contributed by atoms with Crippen molar-refractivity contribution < 1.29 is 4.79 Å². The number of para-hydroxylation sites is 1. The van der Waals surface area contributed by atoms with Crippen molar-refractivity contribution in [2.24, 2.45) is 0 Å². The molecule has 1 unspecified atom stereocenters. The van der Waals surface area contributed by atoms with E-state index in [9.17, 15) is 9.59 Å². The standard InChI is InChI=1S/C18H13NO2/c20-17-10-16(19-15-8-4-3-7-13(15)17)14-9-11-5-1-2-6-12(11)18(14)21/h1-8,10,14H,9H2,(H,19,20). The number of aromatic amines is 1. The lowest BCUT2D eigenvalue weighted by Crippen LogP contribution is -2.13. The summed E-state index contributed by atoms with van der Waals surface area (Å²) in [6, 6.07) is 16.6. The quantitative estimate of drug-likeness (QED) is 0.742. The van der Waals surface area contributed by atoms with E-state index in [1.54, 1.807) is 12.1 Å². The normalized spacial score (nSPS) is 17.1. The summed E-state index contributed by atoms with van der Waals surface area (Å²) in [4.78, 5) is 28.0. The number of benzene rings is 2. The van der Waals surface area contributed by atoms with Crippen LogP contribution in [0.3, 0.4) is 0 Å². The van der Waals surface area contributed by atoms with Gasteiger partial charge >= 0.3 is 0 Å². The van der Waals surface area contributed by atoms with E-state index in [-0.39, 0.29) is 17.1 Å². The number of nitrogens with one attached hydrogen (secondary N) is 1. The maximum atomic E-state index is 12.5. The Morgan fingerprint density at radius 2 is 1.71 bits per heavy atom. The Hall–Kier alpha value is -2.68. The first-order chi connectivity index (χ1) is 10.2. The number of carbonyl (C=O) groups is 1. The Balaban J connectivity index is 1.86. The van der Waals surface area contributed by atoms with Gasteiger partial charge < -0.3 is 4.98 Å². The lowest BCUT2D eigenvalue weighted by atomic mass is 9.99. The zero-order chi connectivity index (χ0) is 14.4. The topological polar surface area (TPSA) is 49.9 Å². The predicted octanol–water partition coefficient (Wildman–Crippen LogP) is 3.05. The molecule has 0 amide bonds. The van der Waals surface area contributed by atoms with Crippen molar-refractivity contribution >= 4 is 16.7 Å². The first-order valence-corrected chi connectivity index (χ1v) is 6.98. The van der Waals surface area contributed by atoms with Gasteiger partial charge in [-0.1, -0.05) is 36.4 Å². The van der Waals surface area contributed by atoms with Crippen molar-refractivity contribution in [3.63, 3.8) is 0 Å². The first kappa shape index (κ1) is 12.1. The number of ketones is 1. The molecule has 3 nitrogen and oxygen atoms in total. The molecule has 3 aromatic rings. The number of H-pyrrole nitrogens is 1. The monoisotopic (exact) mass is 275 g/mol. The molecule has 1 heterocycles. The molecule has 0 radical (unpaired) electrons. The minimum atomic E-state index is -0.278. The van der Waals surface area contributed by atoms with Crippen LogP contribution in [-0.4, -0.2) is 10.8 Å². The van der Waals surface area contributed by atoms with Crippen molar-refractivity contribution in [3.8, 4) is 0 Å². The van der Waals surface area contributed by atoms with Gasteiger partial charge in [0.25, 0.3) is 0 Å². The minimum Gasteiger partial charge on any atom is -0.358 e. The van der Waals surface area contributed by atoms with Crippen LogP contribution >= 0.6 is 0 Å². The van der Waals surface area contributed by atoms with Gasteiger partial charge in [-0.3, -0.25) is 9.59 Å². The number of aromatic nitrogens is 1. The molecule has 0 spiro atoms. The van der Waals surface area contributed by atoms with Gasteiger partial charge in [-0.15, -0.1) is 0 Å². The molecule has 0 aliphatic heterocycles. The SMILES string of the molecule is O=C1c2ccccc2CC1c1cc(=O)c2ccccc2[nH]1. The van der Waals surface area contributed by atoms with Gasteiger partial charge in [-0.05, 0) is 24.1 Å². The second-order valence-electron chi connectivity index (χ2n) is 5.41. The highest BCUT2D eigenvalue weighted by molar-refractivity contribution is 6.05. The Morgan fingerprint density at radius 1 is 0.952 bits per heavy atom. The minimum absolute atomic E-state index is 0.0388. The number of hydrogen-bond donors (Lipinski definition) is 1. The number of pyridine rings is 1. The van der Waals surface area contributed by atoms with E-state index in [0.717, 1.165) is 16.6 Å². The summed E-state index contributed by atoms with van der Waals surface area (Å²) in [5.74, 6) is -0.184.